The molecule has 0 bridgehead atoms. The summed E-state index contributed by atoms with van der Waals surface area (Å²) in [4.78, 5) is 16.9. The molecule has 3 aromatic rings. The predicted molar refractivity (Wildman–Crippen MR) is 109 cm³/mol. The number of aryl methyl sites for hydroxylation is 1. The molecule has 0 saturated carbocycles. The van der Waals surface area contributed by atoms with Gasteiger partial charge in [0, 0.05) is 23.8 Å². The number of rotatable bonds is 7. The fraction of sp³-hybridized carbons (Fsp3) is 0.381. The van der Waals surface area contributed by atoms with E-state index >= 15 is 0 Å². The molecular weight excluding hydrogens is 390 g/mol. The monoisotopic (exact) mass is 413 g/mol. The minimum atomic E-state index is -0.123. The number of hydrogen-bond donors (Lipinski definition) is 1. The first-order valence-electron chi connectivity index (χ1n) is 9.64. The highest BCUT2D eigenvalue weighted by molar-refractivity contribution is 7.08. The summed E-state index contributed by atoms with van der Waals surface area (Å²) in [6.45, 7) is 5.24. The maximum absolute atomic E-state index is 12.6. The number of nitrogens with zero attached hydrogens (tertiary/aromatic N) is 2. The SMILES string of the molecule is CC(C)C(NC(=O)CCc1nc(-c2ccsc2)no1)c1ccc2c(c1)OCCO2. The molecule has 152 valence electrons. The van der Waals surface area contributed by atoms with Gasteiger partial charge in [-0.3, -0.25) is 4.79 Å². The van der Waals surface area contributed by atoms with E-state index in [2.05, 4.69) is 29.3 Å². The molecule has 0 fully saturated rings. The second-order valence-electron chi connectivity index (χ2n) is 7.22. The minimum absolute atomic E-state index is 0.0612. The quantitative estimate of drug-likeness (QED) is 0.630. The number of benzene rings is 1. The first kappa shape index (κ1) is 19.4. The Morgan fingerprint density at radius 1 is 1.21 bits per heavy atom. The molecule has 1 aliphatic rings. The van der Waals surface area contributed by atoms with Crippen molar-refractivity contribution < 1.29 is 18.8 Å². The largest absolute Gasteiger partial charge is 0.486 e. The molecule has 1 amide bonds. The lowest BCUT2D eigenvalue weighted by Crippen LogP contribution is -2.32. The van der Waals surface area contributed by atoms with Gasteiger partial charge >= 0.3 is 0 Å². The lowest BCUT2D eigenvalue weighted by molar-refractivity contribution is -0.122. The van der Waals surface area contributed by atoms with E-state index in [0.717, 1.165) is 22.6 Å². The van der Waals surface area contributed by atoms with Crippen LogP contribution in [0.3, 0.4) is 0 Å². The molecule has 1 N–H and O–H groups in total. The van der Waals surface area contributed by atoms with Crippen LogP contribution in [0, 0.1) is 5.92 Å². The zero-order chi connectivity index (χ0) is 20.2. The van der Waals surface area contributed by atoms with Crippen LogP contribution in [0.1, 0.15) is 37.8 Å². The van der Waals surface area contributed by atoms with Crippen molar-refractivity contribution >= 4 is 17.2 Å². The Balaban J connectivity index is 1.38. The summed E-state index contributed by atoms with van der Waals surface area (Å²) in [6.07, 6.45) is 0.675. The van der Waals surface area contributed by atoms with Gasteiger partial charge in [0.15, 0.2) is 11.5 Å². The normalized spacial score (nSPS) is 14.0. The van der Waals surface area contributed by atoms with E-state index < -0.39 is 0 Å². The number of nitrogens with one attached hydrogen (secondary N) is 1. The number of carbonyl (C=O) groups excluding carboxylic acids is 1. The van der Waals surface area contributed by atoms with Crippen LogP contribution in [0.4, 0.5) is 0 Å². The van der Waals surface area contributed by atoms with Crippen LogP contribution in [0.15, 0.2) is 39.5 Å². The number of thiophene rings is 1. The van der Waals surface area contributed by atoms with Crippen molar-refractivity contribution in [2.45, 2.75) is 32.7 Å². The van der Waals surface area contributed by atoms with E-state index in [-0.39, 0.29) is 24.3 Å². The smallest absolute Gasteiger partial charge is 0.227 e. The molecule has 8 heteroatoms. The van der Waals surface area contributed by atoms with Crippen LogP contribution in [0.25, 0.3) is 11.4 Å². The summed E-state index contributed by atoms with van der Waals surface area (Å²) in [5.41, 5.74) is 1.92. The third-order valence-electron chi connectivity index (χ3n) is 4.72. The van der Waals surface area contributed by atoms with Gasteiger partial charge in [-0.2, -0.15) is 16.3 Å². The van der Waals surface area contributed by atoms with Crippen LogP contribution < -0.4 is 14.8 Å². The summed E-state index contributed by atoms with van der Waals surface area (Å²) < 4.78 is 16.5. The Morgan fingerprint density at radius 3 is 2.79 bits per heavy atom. The lowest BCUT2D eigenvalue weighted by atomic mass is 9.95. The summed E-state index contributed by atoms with van der Waals surface area (Å²) in [5.74, 6) is 2.64. The predicted octanol–water partition coefficient (Wildman–Crippen LogP) is 4.02. The summed E-state index contributed by atoms with van der Waals surface area (Å²) in [7, 11) is 0. The van der Waals surface area contributed by atoms with E-state index in [1.807, 2.05) is 35.0 Å². The second-order valence-corrected chi connectivity index (χ2v) is 8.00. The van der Waals surface area contributed by atoms with Crippen molar-refractivity contribution in [2.24, 2.45) is 5.92 Å². The highest BCUT2D eigenvalue weighted by Crippen LogP contribution is 2.34. The van der Waals surface area contributed by atoms with E-state index in [1.54, 1.807) is 11.3 Å². The van der Waals surface area contributed by atoms with E-state index in [0.29, 0.717) is 31.3 Å². The Kier molecular flexibility index (Phi) is 5.80. The number of carbonyl (C=O) groups is 1. The molecule has 7 nitrogen and oxygen atoms in total. The molecule has 0 radical (unpaired) electrons. The molecule has 1 aliphatic heterocycles. The van der Waals surface area contributed by atoms with Crippen molar-refractivity contribution in [1.82, 2.24) is 15.5 Å². The van der Waals surface area contributed by atoms with Crippen molar-refractivity contribution in [2.75, 3.05) is 13.2 Å². The second kappa shape index (κ2) is 8.65. The highest BCUT2D eigenvalue weighted by atomic mass is 32.1. The molecule has 1 aromatic carbocycles. The van der Waals surface area contributed by atoms with Crippen molar-refractivity contribution in [3.8, 4) is 22.9 Å². The van der Waals surface area contributed by atoms with Gasteiger partial charge in [-0.15, -0.1) is 0 Å². The van der Waals surface area contributed by atoms with Crippen LogP contribution in [0.2, 0.25) is 0 Å². The molecule has 0 spiro atoms. The van der Waals surface area contributed by atoms with Gasteiger partial charge in [-0.25, -0.2) is 0 Å². The van der Waals surface area contributed by atoms with Crippen LogP contribution in [-0.2, 0) is 11.2 Å². The molecule has 2 aromatic heterocycles. The van der Waals surface area contributed by atoms with E-state index in [4.69, 9.17) is 14.0 Å². The number of ether oxygens (including phenoxy) is 2. The van der Waals surface area contributed by atoms with Crippen LogP contribution in [0.5, 0.6) is 11.5 Å². The maximum Gasteiger partial charge on any atom is 0.227 e. The fourth-order valence-corrected chi connectivity index (χ4v) is 3.85. The van der Waals surface area contributed by atoms with Gasteiger partial charge < -0.3 is 19.3 Å². The number of aromatic nitrogens is 2. The van der Waals surface area contributed by atoms with Crippen molar-refractivity contribution in [3.63, 3.8) is 0 Å². The van der Waals surface area contributed by atoms with Gasteiger partial charge in [0.1, 0.15) is 13.2 Å². The number of amides is 1. The van der Waals surface area contributed by atoms with Gasteiger partial charge in [-0.05, 0) is 35.1 Å². The average Bonchev–Trinajstić information content (AvgIpc) is 3.41. The molecule has 0 aliphatic carbocycles. The Morgan fingerprint density at radius 2 is 2.03 bits per heavy atom. The Hall–Kier alpha value is -2.87. The van der Waals surface area contributed by atoms with Gasteiger partial charge in [0.05, 0.1) is 6.04 Å². The molecule has 1 atom stereocenters. The van der Waals surface area contributed by atoms with Gasteiger partial charge in [0.25, 0.3) is 0 Å². The third-order valence-corrected chi connectivity index (χ3v) is 5.41. The third kappa shape index (κ3) is 4.59. The number of fused-ring (bicyclic) bond motifs is 1. The standard InChI is InChI=1S/C21H23N3O4S/c1-13(2)20(14-3-4-16-17(11-14)27-9-8-26-16)22-18(25)5-6-19-23-21(24-28-19)15-7-10-29-12-15/h3-4,7,10-13,20H,5-6,8-9H2,1-2H3,(H,22,25). The van der Waals surface area contributed by atoms with Crippen molar-refractivity contribution in [1.29, 1.82) is 0 Å². The van der Waals surface area contributed by atoms with Gasteiger partial charge in [-0.1, -0.05) is 25.1 Å². The highest BCUT2D eigenvalue weighted by Gasteiger charge is 2.22. The topological polar surface area (TPSA) is 86.5 Å². The zero-order valence-electron chi connectivity index (χ0n) is 16.4. The molecule has 0 saturated heterocycles. The lowest BCUT2D eigenvalue weighted by Gasteiger charge is -2.25. The molecular formula is C21H23N3O4S. The molecule has 3 heterocycles. The Labute approximate surface area is 173 Å². The maximum atomic E-state index is 12.6. The first-order chi connectivity index (χ1) is 14.1. The fourth-order valence-electron chi connectivity index (χ4n) is 3.22. The summed E-state index contributed by atoms with van der Waals surface area (Å²) in [5, 5.41) is 11.0. The molecule has 29 heavy (non-hydrogen) atoms. The minimum Gasteiger partial charge on any atom is -0.486 e. The van der Waals surface area contributed by atoms with E-state index in [1.165, 1.54) is 0 Å². The molecule has 1 unspecified atom stereocenters. The summed E-state index contributed by atoms with van der Waals surface area (Å²) >= 11 is 1.58. The Bertz CT molecular complexity index is 968. The average molecular weight is 413 g/mol. The van der Waals surface area contributed by atoms with E-state index in [9.17, 15) is 4.79 Å². The number of hydrogen-bond acceptors (Lipinski definition) is 7. The first-order valence-corrected chi connectivity index (χ1v) is 10.6. The van der Waals surface area contributed by atoms with Crippen molar-refractivity contribution in [3.05, 3.63) is 46.5 Å². The van der Waals surface area contributed by atoms with Gasteiger partial charge in [0.2, 0.25) is 17.6 Å². The van der Waals surface area contributed by atoms with Crippen LogP contribution >= 0.6 is 11.3 Å². The van der Waals surface area contributed by atoms with Crippen LogP contribution in [-0.4, -0.2) is 29.3 Å². The molecule has 4 rings (SSSR count). The zero-order valence-corrected chi connectivity index (χ0v) is 17.2. The summed E-state index contributed by atoms with van der Waals surface area (Å²) in [6, 6.07) is 7.64.